The molecule has 0 aliphatic heterocycles. The molecule has 15 heavy (non-hydrogen) atoms. The van der Waals surface area contributed by atoms with Crippen LogP contribution in [0.1, 0.15) is 48.0 Å². The second kappa shape index (κ2) is 4.84. The van der Waals surface area contributed by atoms with Gasteiger partial charge in [-0.05, 0) is 40.0 Å². The summed E-state index contributed by atoms with van der Waals surface area (Å²) >= 11 is 0. The fourth-order valence-corrected chi connectivity index (χ4v) is 1.37. The predicted octanol–water partition coefficient (Wildman–Crippen LogP) is 2.27. The average Bonchev–Trinajstić information content (AvgIpc) is 1.73. The summed E-state index contributed by atoms with van der Waals surface area (Å²) in [7, 11) is 0. The largest absolute Gasteiger partial charge is 0.444 e. The second-order valence-corrected chi connectivity index (χ2v) is 5.50. The number of carbonyl (C=O) groups is 1. The summed E-state index contributed by atoms with van der Waals surface area (Å²) in [5, 5.41) is 12.3. The Morgan fingerprint density at radius 2 is 1.80 bits per heavy atom. The van der Waals surface area contributed by atoms with Gasteiger partial charge in [0.2, 0.25) is 0 Å². The van der Waals surface area contributed by atoms with Gasteiger partial charge in [0.15, 0.2) is 0 Å². The molecular formula is C11H23NO3. The van der Waals surface area contributed by atoms with E-state index in [0.717, 1.165) is 0 Å². The average molecular weight is 217 g/mol. The fraction of sp³-hybridized carbons (Fsp3) is 0.909. The molecule has 0 aromatic carbocycles. The van der Waals surface area contributed by atoms with Gasteiger partial charge in [0.05, 0.1) is 0 Å². The third-order valence-corrected chi connectivity index (χ3v) is 1.58. The molecule has 1 unspecified atom stereocenters. The third kappa shape index (κ3) is 8.24. The molecule has 0 rings (SSSR count). The van der Waals surface area contributed by atoms with Gasteiger partial charge in [-0.2, -0.15) is 0 Å². The molecule has 1 amide bonds. The van der Waals surface area contributed by atoms with Crippen LogP contribution in [0.2, 0.25) is 0 Å². The summed E-state index contributed by atoms with van der Waals surface area (Å²) < 4.78 is 5.05. The number of hydrogen-bond acceptors (Lipinski definition) is 3. The first-order valence-electron chi connectivity index (χ1n) is 5.25. The molecule has 0 heterocycles. The van der Waals surface area contributed by atoms with Crippen LogP contribution in [-0.4, -0.2) is 22.5 Å². The van der Waals surface area contributed by atoms with Crippen LogP contribution >= 0.6 is 0 Å². The second-order valence-electron chi connectivity index (χ2n) is 5.50. The number of carbonyl (C=O) groups excluding carboxylic acids is 1. The maximum atomic E-state index is 11.4. The summed E-state index contributed by atoms with van der Waals surface area (Å²) in [6, 6.07) is 0. The van der Waals surface area contributed by atoms with Crippen molar-refractivity contribution in [3.63, 3.8) is 0 Å². The molecule has 0 radical (unpaired) electrons. The van der Waals surface area contributed by atoms with Gasteiger partial charge in [-0.15, -0.1) is 0 Å². The molecule has 0 fully saturated rings. The van der Waals surface area contributed by atoms with E-state index < -0.39 is 17.4 Å². The highest BCUT2D eigenvalue weighted by Crippen LogP contribution is 2.14. The predicted molar refractivity (Wildman–Crippen MR) is 59.4 cm³/mol. The number of ether oxygens (including phenoxy) is 1. The molecule has 0 saturated heterocycles. The van der Waals surface area contributed by atoms with Gasteiger partial charge in [0, 0.05) is 0 Å². The summed E-state index contributed by atoms with van der Waals surface area (Å²) in [6.45, 7) is 10.9. The summed E-state index contributed by atoms with van der Waals surface area (Å²) in [6.07, 6.45) is -0.0974. The highest BCUT2D eigenvalue weighted by molar-refractivity contribution is 5.68. The topological polar surface area (TPSA) is 58.6 Å². The van der Waals surface area contributed by atoms with E-state index in [1.165, 1.54) is 0 Å². The van der Waals surface area contributed by atoms with Gasteiger partial charge in [0.1, 0.15) is 11.3 Å². The van der Waals surface area contributed by atoms with E-state index in [1.54, 1.807) is 27.7 Å². The van der Waals surface area contributed by atoms with Crippen LogP contribution in [0.5, 0.6) is 0 Å². The smallest absolute Gasteiger partial charge is 0.409 e. The van der Waals surface area contributed by atoms with Crippen LogP contribution in [0.4, 0.5) is 4.79 Å². The molecule has 0 aliphatic rings. The van der Waals surface area contributed by atoms with Gasteiger partial charge in [-0.25, -0.2) is 4.79 Å². The zero-order valence-corrected chi connectivity index (χ0v) is 10.5. The first-order chi connectivity index (χ1) is 6.52. The van der Waals surface area contributed by atoms with E-state index in [-0.39, 0.29) is 0 Å². The number of nitrogens with one attached hydrogen (secondary N) is 1. The monoisotopic (exact) mass is 217 g/mol. The molecule has 4 nitrogen and oxygen atoms in total. The molecule has 0 spiro atoms. The van der Waals surface area contributed by atoms with Crippen molar-refractivity contribution in [3.05, 3.63) is 0 Å². The van der Waals surface area contributed by atoms with Gasteiger partial charge < -0.3 is 9.84 Å². The van der Waals surface area contributed by atoms with Gasteiger partial charge in [-0.3, -0.25) is 5.32 Å². The number of alkyl carbamates (subject to hydrolysis) is 1. The number of amides is 1. The van der Waals surface area contributed by atoms with E-state index in [0.29, 0.717) is 12.3 Å². The van der Waals surface area contributed by atoms with Gasteiger partial charge in [-0.1, -0.05) is 13.8 Å². The first-order valence-corrected chi connectivity index (χ1v) is 5.25. The Bertz CT molecular complexity index is 216. The minimum Gasteiger partial charge on any atom is -0.444 e. The molecule has 0 bridgehead atoms. The quantitative estimate of drug-likeness (QED) is 0.713. The molecule has 1 atom stereocenters. The normalized spacial score (nSPS) is 16.0. The Kier molecular flexibility index (Phi) is 4.59. The zero-order valence-electron chi connectivity index (χ0n) is 10.5. The first kappa shape index (κ1) is 14.2. The maximum absolute atomic E-state index is 11.4. The van der Waals surface area contributed by atoms with Crippen LogP contribution in [0, 0.1) is 5.92 Å². The number of rotatable bonds is 3. The Morgan fingerprint density at radius 3 is 2.13 bits per heavy atom. The Morgan fingerprint density at radius 1 is 1.33 bits per heavy atom. The van der Waals surface area contributed by atoms with Crippen molar-refractivity contribution in [1.82, 2.24) is 5.32 Å². The van der Waals surface area contributed by atoms with Gasteiger partial charge >= 0.3 is 6.09 Å². The molecule has 0 saturated carbocycles. The summed E-state index contributed by atoms with van der Waals surface area (Å²) in [4.78, 5) is 11.4. The van der Waals surface area contributed by atoms with Crippen molar-refractivity contribution >= 4 is 6.09 Å². The minimum absolute atomic E-state index is 0.301. The SMILES string of the molecule is CC(C)CC(C)(O)NC(=O)OC(C)(C)C. The van der Waals surface area contributed by atoms with Crippen LogP contribution in [-0.2, 0) is 4.74 Å². The van der Waals surface area contributed by atoms with Crippen LogP contribution < -0.4 is 5.32 Å². The fourth-order valence-electron chi connectivity index (χ4n) is 1.37. The van der Waals surface area contributed by atoms with E-state index in [2.05, 4.69) is 5.32 Å². The Hall–Kier alpha value is -0.770. The lowest BCUT2D eigenvalue weighted by atomic mass is 10.0. The van der Waals surface area contributed by atoms with Crippen molar-refractivity contribution in [1.29, 1.82) is 0 Å². The molecule has 0 aliphatic carbocycles. The van der Waals surface area contributed by atoms with Crippen molar-refractivity contribution in [2.45, 2.75) is 59.3 Å². The molecular weight excluding hydrogens is 194 g/mol. The van der Waals surface area contributed by atoms with Crippen LogP contribution in [0.15, 0.2) is 0 Å². The zero-order chi connectivity index (χ0) is 12.3. The van der Waals surface area contributed by atoms with Crippen molar-refractivity contribution in [2.24, 2.45) is 5.92 Å². The van der Waals surface area contributed by atoms with Crippen molar-refractivity contribution in [2.75, 3.05) is 0 Å². The standard InChI is InChI=1S/C11H23NO3/c1-8(2)7-11(6,14)12-9(13)15-10(3,4)5/h8,14H,7H2,1-6H3,(H,12,13). The lowest BCUT2D eigenvalue weighted by molar-refractivity contribution is -0.0138. The van der Waals surface area contributed by atoms with E-state index in [9.17, 15) is 9.90 Å². The van der Waals surface area contributed by atoms with Crippen LogP contribution in [0.25, 0.3) is 0 Å². The molecule has 0 aromatic rings. The third-order valence-electron chi connectivity index (χ3n) is 1.58. The van der Waals surface area contributed by atoms with E-state index in [4.69, 9.17) is 4.74 Å². The number of hydrogen-bond donors (Lipinski definition) is 2. The Labute approximate surface area is 92.0 Å². The van der Waals surface area contributed by atoms with Crippen molar-refractivity contribution < 1.29 is 14.6 Å². The highest BCUT2D eigenvalue weighted by Gasteiger charge is 2.26. The van der Waals surface area contributed by atoms with E-state index >= 15 is 0 Å². The number of aliphatic hydroxyl groups is 1. The van der Waals surface area contributed by atoms with Gasteiger partial charge in [0.25, 0.3) is 0 Å². The Balaban J connectivity index is 4.16. The lowest BCUT2D eigenvalue weighted by Gasteiger charge is -2.28. The van der Waals surface area contributed by atoms with Crippen LogP contribution in [0.3, 0.4) is 0 Å². The molecule has 4 heteroatoms. The maximum Gasteiger partial charge on any atom is 0.409 e. The lowest BCUT2D eigenvalue weighted by Crippen LogP contribution is -2.48. The minimum atomic E-state index is -1.21. The summed E-state index contributed by atoms with van der Waals surface area (Å²) in [5.41, 5.74) is -1.76. The highest BCUT2D eigenvalue weighted by atomic mass is 16.6. The summed E-state index contributed by atoms with van der Waals surface area (Å²) in [5.74, 6) is 0.301. The van der Waals surface area contributed by atoms with E-state index in [1.807, 2.05) is 13.8 Å². The molecule has 2 N–H and O–H groups in total. The molecule has 0 aromatic heterocycles. The van der Waals surface area contributed by atoms with Crippen molar-refractivity contribution in [3.8, 4) is 0 Å². The molecule has 90 valence electrons.